The minimum atomic E-state index is -4.33. The Morgan fingerprint density at radius 1 is 1.16 bits per heavy atom. The Balaban J connectivity index is 2.13. The molecule has 2 aromatic carbocycles. The van der Waals surface area contributed by atoms with Gasteiger partial charge in [0, 0.05) is 17.0 Å². The second kappa shape index (κ2) is 8.86. The van der Waals surface area contributed by atoms with E-state index >= 15 is 0 Å². The van der Waals surface area contributed by atoms with Crippen molar-refractivity contribution in [2.75, 3.05) is 11.3 Å². The molecule has 0 bridgehead atoms. The third-order valence-corrected chi connectivity index (χ3v) is 6.94. The molecule has 1 heterocycles. The van der Waals surface area contributed by atoms with Crippen LogP contribution in [0.25, 0.3) is 11.1 Å². The lowest BCUT2D eigenvalue weighted by atomic mass is 9.98. The van der Waals surface area contributed by atoms with Crippen LogP contribution in [0.15, 0.2) is 52.7 Å². The zero-order valence-corrected chi connectivity index (χ0v) is 18.7. The van der Waals surface area contributed by atoms with Crippen LogP contribution in [0, 0.1) is 24.0 Å². The highest BCUT2D eigenvalue weighted by molar-refractivity contribution is 7.93. The standard InChI is InChI=1S/C21H20N2O6S2/c1-4-29-21(24)19-16(15-10-9-13(2)11-14(15)3)12-30-20(19)22-31(27,28)18-8-6-5-7-17(18)23(25)26/h5-12,22H,4H2,1-3H3. The van der Waals surface area contributed by atoms with Crippen LogP contribution in [0.3, 0.4) is 0 Å². The smallest absolute Gasteiger partial charge is 0.341 e. The number of para-hydroxylation sites is 1. The number of thiophene rings is 1. The van der Waals surface area contributed by atoms with Crippen LogP contribution in [-0.2, 0) is 14.8 Å². The van der Waals surface area contributed by atoms with E-state index in [1.165, 1.54) is 12.1 Å². The Morgan fingerprint density at radius 2 is 1.87 bits per heavy atom. The number of nitro benzene ring substituents is 1. The van der Waals surface area contributed by atoms with Gasteiger partial charge >= 0.3 is 5.97 Å². The number of hydrogen-bond donors (Lipinski definition) is 1. The summed E-state index contributed by atoms with van der Waals surface area (Å²) in [7, 11) is -4.33. The molecule has 162 valence electrons. The fourth-order valence-corrected chi connectivity index (χ4v) is 5.61. The SMILES string of the molecule is CCOC(=O)c1c(-c2ccc(C)cc2C)csc1NS(=O)(=O)c1ccccc1[N+](=O)[O-]. The first-order valence-electron chi connectivity index (χ1n) is 9.28. The van der Waals surface area contributed by atoms with Gasteiger partial charge in [0.1, 0.15) is 10.6 Å². The lowest BCUT2D eigenvalue weighted by molar-refractivity contribution is -0.387. The Labute approximate surface area is 183 Å². The molecular weight excluding hydrogens is 440 g/mol. The number of ether oxygens (including phenoxy) is 1. The van der Waals surface area contributed by atoms with Crippen LogP contribution in [0.1, 0.15) is 28.4 Å². The number of carbonyl (C=O) groups excluding carboxylic acids is 1. The number of rotatable bonds is 7. The molecule has 0 saturated carbocycles. The molecule has 0 atom stereocenters. The van der Waals surface area contributed by atoms with Gasteiger partial charge < -0.3 is 4.74 Å². The Bertz CT molecular complexity index is 1260. The van der Waals surface area contributed by atoms with Gasteiger partial charge in [-0.3, -0.25) is 14.8 Å². The van der Waals surface area contributed by atoms with Gasteiger partial charge in [0.05, 0.1) is 11.5 Å². The largest absolute Gasteiger partial charge is 0.462 e. The van der Waals surface area contributed by atoms with Crippen LogP contribution >= 0.6 is 11.3 Å². The maximum atomic E-state index is 13.0. The zero-order valence-electron chi connectivity index (χ0n) is 17.0. The number of anilines is 1. The molecule has 8 nitrogen and oxygen atoms in total. The first-order valence-corrected chi connectivity index (χ1v) is 11.6. The molecule has 0 spiro atoms. The average Bonchev–Trinajstić information content (AvgIpc) is 3.10. The van der Waals surface area contributed by atoms with Crippen LogP contribution in [0.4, 0.5) is 10.7 Å². The molecule has 0 radical (unpaired) electrons. The van der Waals surface area contributed by atoms with Gasteiger partial charge in [-0.15, -0.1) is 11.3 Å². The minimum Gasteiger partial charge on any atom is -0.462 e. The van der Waals surface area contributed by atoms with E-state index in [1.807, 2.05) is 32.0 Å². The zero-order chi connectivity index (χ0) is 22.8. The number of esters is 1. The second-order valence-electron chi connectivity index (χ2n) is 6.72. The quantitative estimate of drug-likeness (QED) is 0.304. The molecular formula is C21H20N2O6S2. The predicted molar refractivity (Wildman–Crippen MR) is 119 cm³/mol. The number of carbonyl (C=O) groups is 1. The molecule has 0 aliphatic carbocycles. The third-order valence-electron chi connectivity index (χ3n) is 4.52. The Hall–Kier alpha value is -3.24. The number of nitro groups is 1. The molecule has 0 unspecified atom stereocenters. The number of benzene rings is 2. The van der Waals surface area contributed by atoms with Crippen LogP contribution in [0.2, 0.25) is 0 Å². The molecule has 0 aliphatic heterocycles. The summed E-state index contributed by atoms with van der Waals surface area (Å²) in [6, 6.07) is 10.7. The summed E-state index contributed by atoms with van der Waals surface area (Å²) in [5, 5.41) is 13.0. The van der Waals surface area contributed by atoms with Crippen LogP contribution in [-0.4, -0.2) is 25.9 Å². The van der Waals surface area contributed by atoms with Crippen molar-refractivity contribution < 1.29 is 22.9 Å². The van der Waals surface area contributed by atoms with Crippen molar-refractivity contribution in [1.29, 1.82) is 0 Å². The van der Waals surface area contributed by atoms with E-state index in [2.05, 4.69) is 4.72 Å². The number of hydrogen-bond acceptors (Lipinski definition) is 7. The summed E-state index contributed by atoms with van der Waals surface area (Å²) >= 11 is 1.01. The van der Waals surface area contributed by atoms with Crippen molar-refractivity contribution in [3.63, 3.8) is 0 Å². The topological polar surface area (TPSA) is 116 Å². The highest BCUT2D eigenvalue weighted by atomic mass is 32.2. The maximum absolute atomic E-state index is 13.0. The number of nitrogens with zero attached hydrogens (tertiary/aromatic N) is 1. The minimum absolute atomic E-state index is 0.0339. The average molecular weight is 461 g/mol. The summed E-state index contributed by atoms with van der Waals surface area (Å²) in [6.45, 7) is 5.60. The van der Waals surface area contributed by atoms with Gasteiger partial charge in [0.15, 0.2) is 4.90 Å². The van der Waals surface area contributed by atoms with Crippen molar-refractivity contribution in [3.05, 3.63) is 74.6 Å². The third kappa shape index (κ3) is 4.59. The van der Waals surface area contributed by atoms with E-state index in [9.17, 15) is 23.3 Å². The van der Waals surface area contributed by atoms with Gasteiger partial charge in [0.25, 0.3) is 15.7 Å². The molecule has 31 heavy (non-hydrogen) atoms. The molecule has 0 aliphatic rings. The monoisotopic (exact) mass is 460 g/mol. The molecule has 3 rings (SSSR count). The lowest BCUT2D eigenvalue weighted by Gasteiger charge is -2.12. The molecule has 3 aromatic rings. The Kier molecular flexibility index (Phi) is 6.42. The van der Waals surface area contributed by atoms with Gasteiger partial charge in [-0.25, -0.2) is 13.2 Å². The van der Waals surface area contributed by atoms with Crippen molar-refractivity contribution >= 4 is 38.0 Å². The van der Waals surface area contributed by atoms with E-state index in [-0.39, 0.29) is 17.2 Å². The summed E-state index contributed by atoms with van der Waals surface area (Å²) in [5.74, 6) is -0.681. The van der Waals surface area contributed by atoms with E-state index < -0.39 is 31.5 Å². The van der Waals surface area contributed by atoms with Gasteiger partial charge in [-0.05, 0) is 38.0 Å². The van der Waals surface area contributed by atoms with Crippen molar-refractivity contribution in [2.24, 2.45) is 0 Å². The van der Waals surface area contributed by atoms with E-state index in [1.54, 1.807) is 12.3 Å². The summed E-state index contributed by atoms with van der Waals surface area (Å²) < 4.78 is 33.4. The second-order valence-corrected chi connectivity index (χ2v) is 9.25. The van der Waals surface area contributed by atoms with Crippen molar-refractivity contribution in [3.8, 4) is 11.1 Å². The van der Waals surface area contributed by atoms with Gasteiger partial charge in [-0.2, -0.15) is 0 Å². The summed E-state index contributed by atoms with van der Waals surface area (Å²) in [5.41, 5.74) is 2.77. The predicted octanol–water partition coefficient (Wildman–Crippen LogP) is 4.92. The molecule has 0 fully saturated rings. The molecule has 1 aromatic heterocycles. The van der Waals surface area contributed by atoms with Crippen LogP contribution in [0.5, 0.6) is 0 Å². The van der Waals surface area contributed by atoms with Crippen LogP contribution < -0.4 is 4.72 Å². The number of sulfonamides is 1. The van der Waals surface area contributed by atoms with E-state index in [4.69, 9.17) is 4.74 Å². The van der Waals surface area contributed by atoms with Crippen molar-refractivity contribution in [1.82, 2.24) is 0 Å². The highest BCUT2D eigenvalue weighted by Crippen LogP contribution is 2.39. The molecule has 10 heteroatoms. The fourth-order valence-electron chi connectivity index (χ4n) is 3.17. The molecule has 1 N–H and O–H groups in total. The lowest BCUT2D eigenvalue weighted by Crippen LogP contribution is -2.16. The molecule has 0 amide bonds. The van der Waals surface area contributed by atoms with E-state index in [0.29, 0.717) is 5.56 Å². The summed E-state index contributed by atoms with van der Waals surface area (Å²) in [4.78, 5) is 22.8. The summed E-state index contributed by atoms with van der Waals surface area (Å²) in [6.07, 6.45) is 0. The van der Waals surface area contributed by atoms with E-state index in [0.717, 1.165) is 40.2 Å². The molecule has 0 saturated heterocycles. The highest BCUT2D eigenvalue weighted by Gasteiger charge is 2.29. The van der Waals surface area contributed by atoms with Gasteiger partial charge in [0.2, 0.25) is 0 Å². The Morgan fingerprint density at radius 3 is 2.52 bits per heavy atom. The van der Waals surface area contributed by atoms with Gasteiger partial charge in [-0.1, -0.05) is 35.9 Å². The fraction of sp³-hybridized carbons (Fsp3) is 0.190. The van der Waals surface area contributed by atoms with Crippen molar-refractivity contribution in [2.45, 2.75) is 25.7 Å². The normalized spacial score (nSPS) is 11.2. The maximum Gasteiger partial charge on any atom is 0.341 e. The first-order chi connectivity index (χ1) is 14.7. The number of nitrogens with one attached hydrogen (secondary N) is 1. The first kappa shape index (κ1) is 22.4. The number of aryl methyl sites for hydroxylation is 2.